The zero-order valence-electron chi connectivity index (χ0n) is 15.8. The number of aromatic nitrogens is 4. The highest BCUT2D eigenvalue weighted by Crippen LogP contribution is 2.38. The molecule has 27 heavy (non-hydrogen) atoms. The van der Waals surface area contributed by atoms with Crippen LogP contribution in [0.15, 0.2) is 35.2 Å². The minimum atomic E-state index is -0.0903. The number of pyridine rings is 1. The summed E-state index contributed by atoms with van der Waals surface area (Å²) in [4.78, 5) is 19.1. The molecule has 1 saturated heterocycles. The molecule has 1 atom stereocenters. The molecule has 0 aromatic carbocycles. The van der Waals surface area contributed by atoms with Crippen molar-refractivity contribution in [2.24, 2.45) is 7.05 Å². The largest absolute Gasteiger partial charge is 0.356 e. The van der Waals surface area contributed by atoms with Gasteiger partial charge in [-0.2, -0.15) is 5.10 Å². The molecule has 1 amide bonds. The Labute approximate surface area is 158 Å². The van der Waals surface area contributed by atoms with Crippen molar-refractivity contribution in [1.82, 2.24) is 24.8 Å². The maximum atomic E-state index is 13.1. The Morgan fingerprint density at radius 2 is 2.15 bits per heavy atom. The van der Waals surface area contributed by atoms with Crippen LogP contribution in [0.5, 0.6) is 0 Å². The van der Waals surface area contributed by atoms with Crippen LogP contribution < -0.4 is 0 Å². The number of hydrogen-bond donors (Lipinski definition) is 0. The fraction of sp³-hybridized carbons (Fsp3) is 0.400. The second-order valence-electron chi connectivity index (χ2n) is 7.08. The lowest BCUT2D eigenvalue weighted by atomic mass is 9.95. The van der Waals surface area contributed by atoms with E-state index in [0.29, 0.717) is 12.1 Å². The van der Waals surface area contributed by atoms with Gasteiger partial charge in [-0.1, -0.05) is 5.16 Å². The summed E-state index contributed by atoms with van der Waals surface area (Å²) in [5, 5.41) is 8.80. The maximum absolute atomic E-state index is 13.1. The average Bonchev–Trinajstić information content (AvgIpc) is 3.24. The highest BCUT2D eigenvalue weighted by Gasteiger charge is 2.33. The van der Waals surface area contributed by atoms with Crippen molar-refractivity contribution in [2.75, 3.05) is 6.54 Å². The predicted molar refractivity (Wildman–Crippen MR) is 100 cm³/mol. The standard InChI is InChI=1S/C20H23N5O2/c1-13-14(2)23-27-19(13)16-12-24(3)22-18(16)17-8-4-5-10-25(17)20(26)15-7-6-9-21-11-15/h6-7,9,11-12,17H,4-5,8,10H2,1-3H3/t17-/m0/s1. The van der Waals surface area contributed by atoms with Gasteiger partial charge < -0.3 is 9.42 Å². The molecule has 1 fully saturated rings. The normalized spacial score (nSPS) is 17.3. The number of piperidine rings is 1. The number of hydrogen-bond acceptors (Lipinski definition) is 5. The van der Waals surface area contributed by atoms with Gasteiger partial charge in [-0.25, -0.2) is 0 Å². The summed E-state index contributed by atoms with van der Waals surface area (Å²) in [5.74, 6) is 0.727. The minimum Gasteiger partial charge on any atom is -0.356 e. The molecule has 3 aromatic heterocycles. The molecule has 0 N–H and O–H groups in total. The third kappa shape index (κ3) is 3.13. The number of nitrogens with zero attached hydrogens (tertiary/aromatic N) is 5. The number of carbonyl (C=O) groups is 1. The van der Waals surface area contributed by atoms with E-state index in [9.17, 15) is 4.79 Å². The topological polar surface area (TPSA) is 77.0 Å². The van der Waals surface area contributed by atoms with E-state index < -0.39 is 0 Å². The summed E-state index contributed by atoms with van der Waals surface area (Å²) in [6, 6.07) is 3.51. The van der Waals surface area contributed by atoms with Crippen LogP contribution in [0.1, 0.15) is 52.6 Å². The van der Waals surface area contributed by atoms with E-state index >= 15 is 0 Å². The molecule has 7 heteroatoms. The van der Waals surface area contributed by atoms with E-state index in [1.807, 2.05) is 38.1 Å². The Morgan fingerprint density at radius 1 is 1.30 bits per heavy atom. The molecule has 0 spiro atoms. The summed E-state index contributed by atoms with van der Waals surface area (Å²) in [5.41, 5.74) is 4.26. The quantitative estimate of drug-likeness (QED) is 0.710. The molecule has 140 valence electrons. The fourth-order valence-corrected chi connectivity index (χ4v) is 3.71. The SMILES string of the molecule is Cc1noc(-c2cn(C)nc2[C@@H]2CCCCN2C(=O)c2cccnc2)c1C. The lowest BCUT2D eigenvalue weighted by molar-refractivity contribution is 0.0605. The molecular weight excluding hydrogens is 342 g/mol. The molecule has 0 saturated carbocycles. The van der Waals surface area contributed by atoms with Gasteiger partial charge in [0.1, 0.15) is 0 Å². The van der Waals surface area contributed by atoms with Crippen LogP contribution in [0, 0.1) is 13.8 Å². The van der Waals surface area contributed by atoms with Crippen molar-refractivity contribution < 1.29 is 9.32 Å². The molecular formula is C20H23N5O2. The van der Waals surface area contributed by atoms with Gasteiger partial charge in [0, 0.05) is 37.7 Å². The Kier molecular flexibility index (Phi) is 4.51. The second kappa shape index (κ2) is 6.98. The first-order valence-electron chi connectivity index (χ1n) is 9.24. The van der Waals surface area contributed by atoms with Crippen LogP contribution in [0.3, 0.4) is 0 Å². The van der Waals surface area contributed by atoms with E-state index in [1.165, 1.54) is 0 Å². The number of amides is 1. The van der Waals surface area contributed by atoms with Gasteiger partial charge in [0.05, 0.1) is 28.6 Å². The molecule has 4 rings (SSSR count). The first-order chi connectivity index (χ1) is 13.1. The fourth-order valence-electron chi connectivity index (χ4n) is 3.71. The lowest BCUT2D eigenvalue weighted by Crippen LogP contribution is -2.39. The Bertz CT molecular complexity index is 960. The van der Waals surface area contributed by atoms with Crippen molar-refractivity contribution >= 4 is 5.91 Å². The number of rotatable bonds is 3. The Balaban J connectivity index is 1.75. The molecule has 1 aliphatic heterocycles. The highest BCUT2D eigenvalue weighted by molar-refractivity contribution is 5.94. The number of carbonyl (C=O) groups excluding carboxylic acids is 1. The lowest BCUT2D eigenvalue weighted by Gasteiger charge is -2.35. The summed E-state index contributed by atoms with van der Waals surface area (Å²) in [6.45, 7) is 4.64. The van der Waals surface area contributed by atoms with Crippen molar-refractivity contribution in [1.29, 1.82) is 0 Å². The zero-order chi connectivity index (χ0) is 19.0. The molecule has 1 aliphatic rings. The van der Waals surface area contributed by atoms with Gasteiger partial charge in [-0.3, -0.25) is 14.5 Å². The third-order valence-electron chi connectivity index (χ3n) is 5.25. The molecule has 3 aromatic rings. The van der Waals surface area contributed by atoms with Gasteiger partial charge in [-0.15, -0.1) is 0 Å². The van der Waals surface area contributed by atoms with Gasteiger partial charge >= 0.3 is 0 Å². The number of aryl methyl sites for hydroxylation is 2. The molecule has 4 heterocycles. The van der Waals surface area contributed by atoms with E-state index in [2.05, 4.69) is 10.1 Å². The third-order valence-corrected chi connectivity index (χ3v) is 5.25. The van der Waals surface area contributed by atoms with Crippen LogP contribution in [0.2, 0.25) is 0 Å². The van der Waals surface area contributed by atoms with Crippen LogP contribution in [-0.2, 0) is 7.05 Å². The second-order valence-corrected chi connectivity index (χ2v) is 7.08. The van der Waals surface area contributed by atoms with E-state index in [0.717, 1.165) is 47.5 Å². The summed E-state index contributed by atoms with van der Waals surface area (Å²) in [6.07, 6.45) is 8.18. The molecule has 0 aliphatic carbocycles. The smallest absolute Gasteiger partial charge is 0.255 e. The van der Waals surface area contributed by atoms with Gasteiger partial charge in [-0.05, 0) is 45.2 Å². The highest BCUT2D eigenvalue weighted by atomic mass is 16.5. The van der Waals surface area contributed by atoms with Crippen molar-refractivity contribution in [3.05, 3.63) is 53.2 Å². The average molecular weight is 365 g/mol. The molecule has 7 nitrogen and oxygen atoms in total. The minimum absolute atomic E-state index is 0.00474. The van der Waals surface area contributed by atoms with Gasteiger partial charge in [0.25, 0.3) is 5.91 Å². The summed E-state index contributed by atoms with van der Waals surface area (Å²) >= 11 is 0. The van der Waals surface area contributed by atoms with Gasteiger partial charge in [0.2, 0.25) is 0 Å². The van der Waals surface area contributed by atoms with Crippen LogP contribution in [0.4, 0.5) is 0 Å². The predicted octanol–water partition coefficient (Wildman–Crippen LogP) is 3.45. The maximum Gasteiger partial charge on any atom is 0.255 e. The van der Waals surface area contributed by atoms with Gasteiger partial charge in [0.15, 0.2) is 5.76 Å². The summed E-state index contributed by atoms with van der Waals surface area (Å²) in [7, 11) is 1.89. The zero-order valence-corrected chi connectivity index (χ0v) is 15.8. The Hall–Kier alpha value is -2.96. The first-order valence-corrected chi connectivity index (χ1v) is 9.24. The molecule has 0 unspecified atom stereocenters. The summed E-state index contributed by atoms with van der Waals surface area (Å²) < 4.78 is 7.37. The van der Waals surface area contributed by atoms with Crippen molar-refractivity contribution in [3.8, 4) is 11.3 Å². The van der Waals surface area contributed by atoms with Crippen LogP contribution in [-0.4, -0.2) is 37.3 Å². The monoisotopic (exact) mass is 365 g/mol. The van der Waals surface area contributed by atoms with E-state index in [1.54, 1.807) is 23.1 Å². The van der Waals surface area contributed by atoms with Crippen LogP contribution in [0.25, 0.3) is 11.3 Å². The van der Waals surface area contributed by atoms with Crippen molar-refractivity contribution in [3.63, 3.8) is 0 Å². The molecule has 0 radical (unpaired) electrons. The van der Waals surface area contributed by atoms with E-state index in [4.69, 9.17) is 9.62 Å². The van der Waals surface area contributed by atoms with Crippen molar-refractivity contribution in [2.45, 2.75) is 39.2 Å². The number of likely N-dealkylation sites (tertiary alicyclic amines) is 1. The Morgan fingerprint density at radius 3 is 2.85 bits per heavy atom. The molecule has 0 bridgehead atoms. The first kappa shape index (κ1) is 17.5. The van der Waals surface area contributed by atoms with E-state index in [-0.39, 0.29) is 11.9 Å². The van der Waals surface area contributed by atoms with Crippen LogP contribution >= 0.6 is 0 Å².